The van der Waals surface area contributed by atoms with Crippen LogP contribution in [0.25, 0.3) is 11.0 Å². The van der Waals surface area contributed by atoms with E-state index < -0.39 is 0 Å². The van der Waals surface area contributed by atoms with E-state index in [9.17, 15) is 4.79 Å². The number of piperidine rings is 1. The molecule has 3 rings (SSSR count). The summed E-state index contributed by atoms with van der Waals surface area (Å²) < 4.78 is 3.06. The standard InChI is InChI=1S/C16H21BrN4O/c1-3-21-14-9-12(17)4-5-13(14)19-16(21)20-15(22)11-6-7-18-10(2)8-11/h4-5,9-11,18H,3,6-8H2,1-2H3,(H,19,20,22)/t10-,11-/m0/s1. The number of aryl methyl sites for hydroxylation is 1. The highest BCUT2D eigenvalue weighted by Crippen LogP contribution is 2.25. The fraction of sp³-hybridized carbons (Fsp3) is 0.500. The van der Waals surface area contributed by atoms with E-state index in [2.05, 4.69) is 45.4 Å². The number of carbonyl (C=O) groups is 1. The van der Waals surface area contributed by atoms with Gasteiger partial charge in [-0.15, -0.1) is 0 Å². The molecule has 0 bridgehead atoms. The Labute approximate surface area is 138 Å². The van der Waals surface area contributed by atoms with Gasteiger partial charge in [-0.3, -0.25) is 10.1 Å². The Morgan fingerprint density at radius 2 is 2.36 bits per heavy atom. The second-order valence-corrected chi connectivity index (χ2v) is 6.79. The van der Waals surface area contributed by atoms with E-state index in [4.69, 9.17) is 0 Å². The summed E-state index contributed by atoms with van der Waals surface area (Å²) in [6.45, 7) is 5.85. The Balaban J connectivity index is 1.85. The molecule has 1 aromatic carbocycles. The number of halogens is 1. The average molecular weight is 365 g/mol. The lowest BCUT2D eigenvalue weighted by Crippen LogP contribution is -2.40. The lowest BCUT2D eigenvalue weighted by Gasteiger charge is -2.26. The van der Waals surface area contributed by atoms with Crippen molar-refractivity contribution in [3.8, 4) is 0 Å². The van der Waals surface area contributed by atoms with E-state index in [1.54, 1.807) is 0 Å². The lowest BCUT2D eigenvalue weighted by molar-refractivity contribution is -0.120. The first-order valence-electron chi connectivity index (χ1n) is 7.78. The molecule has 1 aliphatic rings. The van der Waals surface area contributed by atoms with Gasteiger partial charge in [0, 0.05) is 23.0 Å². The zero-order chi connectivity index (χ0) is 15.7. The Morgan fingerprint density at radius 3 is 3.09 bits per heavy atom. The molecule has 0 saturated carbocycles. The van der Waals surface area contributed by atoms with Crippen molar-refractivity contribution in [2.24, 2.45) is 5.92 Å². The Bertz CT molecular complexity index is 697. The largest absolute Gasteiger partial charge is 0.314 e. The van der Waals surface area contributed by atoms with Crippen molar-refractivity contribution in [3.63, 3.8) is 0 Å². The summed E-state index contributed by atoms with van der Waals surface area (Å²) in [6.07, 6.45) is 1.76. The van der Waals surface area contributed by atoms with Gasteiger partial charge in [0.15, 0.2) is 0 Å². The molecular weight excluding hydrogens is 344 g/mol. The quantitative estimate of drug-likeness (QED) is 0.879. The van der Waals surface area contributed by atoms with Crippen LogP contribution in [0.15, 0.2) is 22.7 Å². The third kappa shape index (κ3) is 3.03. The molecule has 2 N–H and O–H groups in total. The first-order chi connectivity index (χ1) is 10.6. The maximum absolute atomic E-state index is 12.5. The second-order valence-electron chi connectivity index (χ2n) is 5.88. The summed E-state index contributed by atoms with van der Waals surface area (Å²) in [5, 5.41) is 6.41. The van der Waals surface area contributed by atoms with Crippen LogP contribution in [-0.2, 0) is 11.3 Å². The van der Waals surface area contributed by atoms with Gasteiger partial charge >= 0.3 is 0 Å². The number of hydrogen-bond acceptors (Lipinski definition) is 3. The van der Waals surface area contributed by atoms with Crippen molar-refractivity contribution < 1.29 is 4.79 Å². The molecular formula is C16H21BrN4O. The summed E-state index contributed by atoms with van der Waals surface area (Å²) in [4.78, 5) is 17.1. The predicted octanol–water partition coefficient (Wildman–Crippen LogP) is 3.15. The Kier molecular flexibility index (Phi) is 4.49. The number of nitrogens with zero attached hydrogens (tertiary/aromatic N) is 2. The summed E-state index contributed by atoms with van der Waals surface area (Å²) in [5.74, 6) is 0.789. The van der Waals surface area contributed by atoms with E-state index in [0.29, 0.717) is 12.0 Å². The van der Waals surface area contributed by atoms with E-state index >= 15 is 0 Å². The van der Waals surface area contributed by atoms with Crippen molar-refractivity contribution in [1.29, 1.82) is 0 Å². The number of imidazole rings is 1. The highest BCUT2D eigenvalue weighted by molar-refractivity contribution is 9.10. The van der Waals surface area contributed by atoms with E-state index in [1.807, 2.05) is 22.8 Å². The monoisotopic (exact) mass is 364 g/mol. The van der Waals surface area contributed by atoms with Crippen LogP contribution < -0.4 is 10.6 Å². The Morgan fingerprint density at radius 1 is 1.55 bits per heavy atom. The van der Waals surface area contributed by atoms with Gasteiger partial charge in [-0.1, -0.05) is 15.9 Å². The first kappa shape index (κ1) is 15.5. The van der Waals surface area contributed by atoms with Crippen LogP contribution in [0.3, 0.4) is 0 Å². The van der Waals surface area contributed by atoms with Gasteiger partial charge in [-0.05, 0) is 51.4 Å². The highest BCUT2D eigenvalue weighted by atomic mass is 79.9. The Hall–Kier alpha value is -1.40. The number of amides is 1. The normalized spacial score (nSPS) is 22.0. The first-order valence-corrected chi connectivity index (χ1v) is 8.57. The lowest BCUT2D eigenvalue weighted by atomic mass is 9.92. The van der Waals surface area contributed by atoms with Crippen LogP contribution in [0.5, 0.6) is 0 Å². The predicted molar refractivity (Wildman–Crippen MR) is 91.9 cm³/mol. The smallest absolute Gasteiger partial charge is 0.229 e. The van der Waals surface area contributed by atoms with Crippen LogP contribution in [0.1, 0.15) is 26.7 Å². The number of rotatable bonds is 3. The second kappa shape index (κ2) is 6.38. The molecule has 1 aliphatic heterocycles. The molecule has 0 unspecified atom stereocenters. The number of anilines is 1. The van der Waals surface area contributed by atoms with E-state index in [0.717, 1.165) is 41.4 Å². The van der Waals surface area contributed by atoms with E-state index in [-0.39, 0.29) is 11.8 Å². The fourth-order valence-corrected chi connectivity index (χ4v) is 3.44. The molecule has 5 nitrogen and oxygen atoms in total. The van der Waals surface area contributed by atoms with Gasteiger partial charge in [0.25, 0.3) is 0 Å². The molecule has 2 aromatic rings. The van der Waals surface area contributed by atoms with E-state index in [1.165, 1.54) is 0 Å². The van der Waals surface area contributed by atoms with Crippen molar-refractivity contribution >= 4 is 38.8 Å². The highest BCUT2D eigenvalue weighted by Gasteiger charge is 2.26. The van der Waals surface area contributed by atoms with Gasteiger partial charge in [0.05, 0.1) is 11.0 Å². The average Bonchev–Trinajstić information content (AvgIpc) is 2.83. The van der Waals surface area contributed by atoms with Crippen LogP contribution in [0.2, 0.25) is 0 Å². The third-order valence-electron chi connectivity index (χ3n) is 4.26. The van der Waals surface area contributed by atoms with Crippen molar-refractivity contribution in [2.45, 2.75) is 39.3 Å². The van der Waals surface area contributed by atoms with Gasteiger partial charge in [0.2, 0.25) is 11.9 Å². The van der Waals surface area contributed by atoms with Gasteiger partial charge in [-0.2, -0.15) is 0 Å². The molecule has 0 aliphatic carbocycles. The zero-order valence-electron chi connectivity index (χ0n) is 12.9. The molecule has 6 heteroatoms. The van der Waals surface area contributed by atoms with Crippen LogP contribution >= 0.6 is 15.9 Å². The van der Waals surface area contributed by atoms with Gasteiger partial charge < -0.3 is 9.88 Å². The maximum Gasteiger partial charge on any atom is 0.229 e. The number of benzene rings is 1. The number of aromatic nitrogens is 2. The number of nitrogens with one attached hydrogen (secondary N) is 2. The van der Waals surface area contributed by atoms with Crippen LogP contribution in [-0.4, -0.2) is 28.0 Å². The summed E-state index contributed by atoms with van der Waals surface area (Å²) in [5.41, 5.74) is 1.94. The minimum absolute atomic E-state index is 0.0631. The molecule has 1 amide bonds. The molecule has 0 spiro atoms. The zero-order valence-corrected chi connectivity index (χ0v) is 14.5. The SMILES string of the molecule is CCn1c(NC(=O)[C@H]2CCN[C@@H](C)C2)nc2ccc(Br)cc21. The van der Waals surface area contributed by atoms with Crippen LogP contribution in [0, 0.1) is 5.92 Å². The molecule has 1 saturated heterocycles. The van der Waals surface area contributed by atoms with Crippen molar-refractivity contribution in [1.82, 2.24) is 14.9 Å². The van der Waals surface area contributed by atoms with Crippen molar-refractivity contribution in [3.05, 3.63) is 22.7 Å². The van der Waals surface area contributed by atoms with Crippen molar-refractivity contribution in [2.75, 3.05) is 11.9 Å². The molecule has 22 heavy (non-hydrogen) atoms. The third-order valence-corrected chi connectivity index (χ3v) is 4.75. The number of fused-ring (bicyclic) bond motifs is 1. The van der Waals surface area contributed by atoms with Gasteiger partial charge in [0.1, 0.15) is 0 Å². The van der Waals surface area contributed by atoms with Crippen LogP contribution in [0.4, 0.5) is 5.95 Å². The molecule has 1 fully saturated rings. The topological polar surface area (TPSA) is 59.0 Å². The molecule has 2 heterocycles. The number of carbonyl (C=O) groups excluding carboxylic acids is 1. The summed E-state index contributed by atoms with van der Waals surface area (Å²) in [7, 11) is 0. The molecule has 0 radical (unpaired) electrons. The summed E-state index contributed by atoms with van der Waals surface area (Å²) in [6, 6.07) is 6.36. The molecule has 1 aromatic heterocycles. The maximum atomic E-state index is 12.5. The molecule has 118 valence electrons. The molecule has 2 atom stereocenters. The van der Waals surface area contributed by atoms with Gasteiger partial charge in [-0.25, -0.2) is 4.98 Å². The fourth-order valence-electron chi connectivity index (χ4n) is 3.09. The number of hydrogen-bond donors (Lipinski definition) is 2. The minimum Gasteiger partial charge on any atom is -0.314 e. The minimum atomic E-state index is 0.0631. The summed E-state index contributed by atoms with van der Waals surface area (Å²) >= 11 is 3.49.